The number of aromatic nitrogens is 1. The van der Waals surface area contributed by atoms with Gasteiger partial charge in [-0.1, -0.05) is 35.1 Å². The van der Waals surface area contributed by atoms with Crippen LogP contribution in [0.15, 0.2) is 66.7 Å². The lowest BCUT2D eigenvalue weighted by atomic mass is 9.95. The summed E-state index contributed by atoms with van der Waals surface area (Å²) in [6.45, 7) is 3.69. The quantitative estimate of drug-likeness (QED) is 0.216. The molecule has 1 atom stereocenters. The second-order valence-corrected chi connectivity index (χ2v) is 9.46. The number of carboxylic acids is 1. The first-order chi connectivity index (χ1) is 17.8. The first-order valence-corrected chi connectivity index (χ1v) is 12.6. The molecule has 0 aliphatic rings. The van der Waals surface area contributed by atoms with Crippen molar-refractivity contribution in [1.29, 1.82) is 0 Å². The number of hydrogen-bond donors (Lipinski definition) is 1. The number of benzene rings is 3. The maximum atomic E-state index is 12.2. The highest BCUT2D eigenvalue weighted by molar-refractivity contribution is 7.20. The second-order valence-electron chi connectivity index (χ2n) is 8.03. The molecule has 37 heavy (non-hydrogen) atoms. The number of esters is 1. The highest BCUT2D eigenvalue weighted by atomic mass is 35.5. The van der Waals surface area contributed by atoms with Crippen LogP contribution in [-0.4, -0.2) is 35.2 Å². The number of halogens is 1. The van der Waals surface area contributed by atoms with Crippen LogP contribution in [0.25, 0.3) is 10.2 Å². The van der Waals surface area contributed by atoms with Crippen LogP contribution < -0.4 is 14.2 Å². The Balaban J connectivity index is 1.41. The summed E-state index contributed by atoms with van der Waals surface area (Å²) in [4.78, 5) is 28.0. The maximum Gasteiger partial charge on any atom is 0.352 e. The molecule has 0 saturated carbocycles. The molecule has 192 valence electrons. The van der Waals surface area contributed by atoms with Crippen LogP contribution in [-0.2, 0) is 19.9 Å². The molecule has 0 bridgehead atoms. The molecule has 0 fully saturated rings. The monoisotopic (exact) mass is 541 g/mol. The summed E-state index contributed by atoms with van der Waals surface area (Å²) >= 11 is 7.40. The van der Waals surface area contributed by atoms with E-state index in [2.05, 4.69) is 4.98 Å². The summed E-state index contributed by atoms with van der Waals surface area (Å²) in [6, 6.07) is 18.5. The fourth-order valence-electron chi connectivity index (χ4n) is 3.41. The van der Waals surface area contributed by atoms with Crippen molar-refractivity contribution in [3.8, 4) is 22.4 Å². The molecule has 0 saturated heterocycles. The Morgan fingerprint density at radius 2 is 1.68 bits per heavy atom. The third-order valence-corrected chi connectivity index (χ3v) is 6.51. The number of rotatable bonds is 11. The molecule has 1 N–H and O–H groups in total. The SMILES string of the molecule is CCOC(=O)CCOc1ccc(C(C)(Oc2ccc(Oc3nc4ccc(Cl)cc4s3)cc2)C(=O)O)cc1. The molecule has 0 radical (unpaired) electrons. The Bertz CT molecular complexity index is 1390. The zero-order valence-corrected chi connectivity index (χ0v) is 21.7. The van der Waals surface area contributed by atoms with E-state index in [0.29, 0.717) is 39.6 Å². The van der Waals surface area contributed by atoms with Gasteiger partial charge in [0.2, 0.25) is 5.60 Å². The first kappa shape index (κ1) is 26.2. The molecular weight excluding hydrogens is 518 g/mol. The number of carbonyl (C=O) groups is 2. The van der Waals surface area contributed by atoms with Gasteiger partial charge >= 0.3 is 11.9 Å². The molecule has 1 aromatic heterocycles. The van der Waals surface area contributed by atoms with Gasteiger partial charge in [0.1, 0.15) is 17.2 Å². The van der Waals surface area contributed by atoms with Gasteiger partial charge in [-0.25, -0.2) is 9.78 Å². The highest BCUT2D eigenvalue weighted by Crippen LogP contribution is 2.35. The summed E-state index contributed by atoms with van der Waals surface area (Å²) in [5.74, 6) is -0.120. The molecule has 4 aromatic rings. The van der Waals surface area contributed by atoms with Gasteiger partial charge < -0.3 is 24.1 Å². The number of carbonyl (C=O) groups excluding carboxylic acids is 1. The van der Waals surface area contributed by atoms with E-state index < -0.39 is 11.6 Å². The van der Waals surface area contributed by atoms with Crippen molar-refractivity contribution in [2.75, 3.05) is 13.2 Å². The lowest BCUT2D eigenvalue weighted by Gasteiger charge is -2.27. The Kier molecular flexibility index (Phi) is 8.15. The topological polar surface area (TPSA) is 104 Å². The zero-order chi connectivity index (χ0) is 26.4. The Morgan fingerprint density at radius 3 is 2.35 bits per heavy atom. The predicted molar refractivity (Wildman–Crippen MR) is 140 cm³/mol. The number of aliphatic carboxylic acids is 1. The van der Waals surface area contributed by atoms with Gasteiger partial charge in [-0.15, -0.1) is 0 Å². The van der Waals surface area contributed by atoms with E-state index in [4.69, 9.17) is 30.5 Å². The van der Waals surface area contributed by atoms with Crippen molar-refractivity contribution in [2.24, 2.45) is 0 Å². The standard InChI is InChI=1S/C27H24ClNO7S/c1-3-33-24(30)14-15-34-19-7-4-17(5-8-19)27(2,25(31)32)36-21-11-9-20(10-12-21)35-26-29-22-13-6-18(28)16-23(22)37-26/h4-13,16H,3,14-15H2,1-2H3,(H,31,32). The van der Waals surface area contributed by atoms with Gasteiger partial charge in [0, 0.05) is 10.6 Å². The largest absolute Gasteiger partial charge is 0.493 e. The lowest BCUT2D eigenvalue weighted by molar-refractivity contribution is -0.154. The van der Waals surface area contributed by atoms with E-state index in [1.807, 2.05) is 12.1 Å². The molecule has 10 heteroatoms. The second kappa shape index (κ2) is 11.5. The first-order valence-electron chi connectivity index (χ1n) is 11.4. The third-order valence-electron chi connectivity index (χ3n) is 5.38. The number of nitrogens with zero attached hydrogens (tertiary/aromatic N) is 1. The molecule has 8 nitrogen and oxygen atoms in total. The van der Waals surface area contributed by atoms with Gasteiger partial charge in [0.15, 0.2) is 0 Å². The van der Waals surface area contributed by atoms with Gasteiger partial charge in [-0.2, -0.15) is 0 Å². The highest BCUT2D eigenvalue weighted by Gasteiger charge is 2.38. The minimum atomic E-state index is -1.65. The third kappa shape index (κ3) is 6.49. The van der Waals surface area contributed by atoms with Gasteiger partial charge in [-0.3, -0.25) is 4.79 Å². The van der Waals surface area contributed by atoms with E-state index in [-0.39, 0.29) is 19.0 Å². The van der Waals surface area contributed by atoms with E-state index in [9.17, 15) is 14.7 Å². The Labute approximate surface area is 222 Å². The average molecular weight is 542 g/mol. The van der Waals surface area contributed by atoms with Crippen LogP contribution in [0.1, 0.15) is 25.8 Å². The maximum absolute atomic E-state index is 12.2. The summed E-state index contributed by atoms with van der Waals surface area (Å²) in [5.41, 5.74) is -0.443. The smallest absolute Gasteiger partial charge is 0.352 e. The molecular formula is C27H24ClNO7S. The van der Waals surface area contributed by atoms with Crippen LogP contribution in [0.2, 0.25) is 5.02 Å². The van der Waals surface area contributed by atoms with E-state index >= 15 is 0 Å². The average Bonchev–Trinajstić information content (AvgIpc) is 3.27. The normalized spacial score (nSPS) is 12.5. The minimum Gasteiger partial charge on any atom is -0.493 e. The fourth-order valence-corrected chi connectivity index (χ4v) is 4.52. The van der Waals surface area contributed by atoms with E-state index in [1.165, 1.54) is 18.3 Å². The Hall–Kier alpha value is -3.82. The molecule has 4 rings (SSSR count). The Morgan fingerprint density at radius 1 is 1.00 bits per heavy atom. The van der Waals surface area contributed by atoms with Crippen molar-refractivity contribution < 1.29 is 33.6 Å². The van der Waals surface area contributed by atoms with Crippen molar-refractivity contribution in [2.45, 2.75) is 25.9 Å². The van der Waals surface area contributed by atoms with Gasteiger partial charge in [0.05, 0.1) is 29.9 Å². The predicted octanol–water partition coefficient (Wildman–Crippen LogP) is 6.45. The number of fused-ring (bicyclic) bond motifs is 1. The number of thiazole rings is 1. The van der Waals surface area contributed by atoms with Crippen LogP contribution in [0.4, 0.5) is 0 Å². The molecule has 0 spiro atoms. The molecule has 0 aliphatic carbocycles. The fraction of sp³-hybridized carbons (Fsp3) is 0.222. The van der Waals surface area contributed by atoms with Crippen LogP contribution in [0.3, 0.4) is 0 Å². The molecule has 0 aliphatic heterocycles. The number of ether oxygens (including phenoxy) is 4. The molecule has 0 amide bonds. The molecule has 1 heterocycles. The number of hydrogen-bond acceptors (Lipinski definition) is 8. The molecule has 1 unspecified atom stereocenters. The van der Waals surface area contributed by atoms with E-state index in [0.717, 1.165) is 10.2 Å². The summed E-state index contributed by atoms with van der Waals surface area (Å²) in [5, 5.41) is 11.0. The zero-order valence-electron chi connectivity index (χ0n) is 20.1. The van der Waals surface area contributed by atoms with Crippen molar-refractivity contribution in [1.82, 2.24) is 4.98 Å². The summed E-state index contributed by atoms with van der Waals surface area (Å²) in [6.07, 6.45) is 0.124. The molecule has 3 aromatic carbocycles. The van der Waals surface area contributed by atoms with Crippen molar-refractivity contribution >= 4 is 45.1 Å². The van der Waals surface area contributed by atoms with Crippen molar-refractivity contribution in [3.05, 3.63) is 77.3 Å². The van der Waals surface area contributed by atoms with E-state index in [1.54, 1.807) is 61.5 Å². The summed E-state index contributed by atoms with van der Waals surface area (Å²) < 4.78 is 23.1. The van der Waals surface area contributed by atoms with Crippen LogP contribution >= 0.6 is 22.9 Å². The lowest BCUT2D eigenvalue weighted by Crippen LogP contribution is -2.38. The summed E-state index contributed by atoms with van der Waals surface area (Å²) in [7, 11) is 0. The van der Waals surface area contributed by atoms with Gasteiger partial charge in [-0.05, 0) is 68.4 Å². The van der Waals surface area contributed by atoms with Crippen molar-refractivity contribution in [3.63, 3.8) is 0 Å². The minimum absolute atomic E-state index is 0.124. The van der Waals surface area contributed by atoms with Crippen LogP contribution in [0.5, 0.6) is 22.4 Å². The van der Waals surface area contributed by atoms with Crippen LogP contribution in [0, 0.1) is 0 Å². The van der Waals surface area contributed by atoms with Gasteiger partial charge in [0.25, 0.3) is 5.19 Å². The number of carboxylic acid groups (broad SMARTS) is 1.